The van der Waals surface area contributed by atoms with Crippen LogP contribution in [0.3, 0.4) is 0 Å². The minimum atomic E-state index is -4.46. The molecule has 178 valence electrons. The molecule has 1 saturated heterocycles. The molecule has 0 N–H and O–H groups in total. The lowest BCUT2D eigenvalue weighted by Crippen LogP contribution is -2.50. The van der Waals surface area contributed by atoms with Crippen molar-refractivity contribution in [2.24, 2.45) is 0 Å². The number of hydrogen-bond acceptors (Lipinski definition) is 7. The van der Waals surface area contributed by atoms with Crippen LogP contribution in [0.4, 0.5) is 19.0 Å². The van der Waals surface area contributed by atoms with Crippen molar-refractivity contribution in [3.05, 3.63) is 54.0 Å². The average molecular weight is 473 g/mol. The Hall–Kier alpha value is -3.63. The molecular weight excluding hydrogens is 451 g/mol. The number of halogens is 3. The summed E-state index contributed by atoms with van der Waals surface area (Å²) in [5.74, 6) is 2.11. The Morgan fingerprint density at radius 3 is 2.59 bits per heavy atom. The van der Waals surface area contributed by atoms with Gasteiger partial charge in [-0.15, -0.1) is 0 Å². The van der Waals surface area contributed by atoms with Crippen LogP contribution >= 0.6 is 0 Å². The largest absolute Gasteiger partial charge is 0.484 e. The van der Waals surface area contributed by atoms with E-state index in [0.717, 1.165) is 36.4 Å². The summed E-state index contributed by atoms with van der Waals surface area (Å²) in [6.45, 7) is 1.76. The van der Waals surface area contributed by atoms with E-state index in [1.807, 2.05) is 12.1 Å². The van der Waals surface area contributed by atoms with E-state index >= 15 is 0 Å². The molecule has 34 heavy (non-hydrogen) atoms. The summed E-state index contributed by atoms with van der Waals surface area (Å²) < 4.78 is 49.1. The lowest BCUT2D eigenvalue weighted by molar-refractivity contribution is -0.137. The molecule has 3 aromatic rings. The summed E-state index contributed by atoms with van der Waals surface area (Å²) >= 11 is 0. The van der Waals surface area contributed by atoms with Gasteiger partial charge < -0.3 is 19.1 Å². The van der Waals surface area contributed by atoms with E-state index in [2.05, 4.69) is 20.0 Å². The Kier molecular flexibility index (Phi) is 5.84. The first-order chi connectivity index (χ1) is 16.4. The van der Waals surface area contributed by atoms with Crippen LogP contribution in [0.2, 0.25) is 0 Å². The van der Waals surface area contributed by atoms with Gasteiger partial charge in [-0.25, -0.2) is 4.98 Å². The lowest BCUT2D eigenvalue weighted by atomic mass is 10.2. The van der Waals surface area contributed by atoms with Crippen LogP contribution in [-0.4, -0.2) is 58.7 Å². The second-order valence-corrected chi connectivity index (χ2v) is 8.32. The molecule has 2 aliphatic rings. The molecule has 1 amide bonds. The number of pyridine rings is 1. The van der Waals surface area contributed by atoms with Crippen LogP contribution in [0.1, 0.15) is 30.2 Å². The predicted molar refractivity (Wildman–Crippen MR) is 115 cm³/mol. The number of carbonyl (C=O) groups is 1. The third kappa shape index (κ3) is 4.97. The van der Waals surface area contributed by atoms with Crippen molar-refractivity contribution in [1.82, 2.24) is 20.0 Å². The van der Waals surface area contributed by atoms with Gasteiger partial charge in [-0.05, 0) is 43.2 Å². The van der Waals surface area contributed by atoms with Crippen molar-refractivity contribution in [2.75, 3.05) is 37.7 Å². The van der Waals surface area contributed by atoms with Gasteiger partial charge in [0.2, 0.25) is 11.7 Å². The quantitative estimate of drug-likeness (QED) is 0.539. The highest BCUT2D eigenvalue weighted by molar-refractivity contribution is 5.78. The third-order valence-electron chi connectivity index (χ3n) is 5.85. The molecule has 0 bridgehead atoms. The maximum atomic E-state index is 12.8. The van der Waals surface area contributed by atoms with E-state index in [1.165, 1.54) is 12.1 Å². The van der Waals surface area contributed by atoms with Crippen LogP contribution in [0.5, 0.6) is 5.75 Å². The Bertz CT molecular complexity index is 1150. The van der Waals surface area contributed by atoms with Crippen LogP contribution in [-0.2, 0) is 11.0 Å². The van der Waals surface area contributed by atoms with Crippen molar-refractivity contribution in [3.63, 3.8) is 0 Å². The van der Waals surface area contributed by atoms with Crippen molar-refractivity contribution in [1.29, 1.82) is 0 Å². The fourth-order valence-corrected chi connectivity index (χ4v) is 3.74. The molecule has 1 aliphatic heterocycles. The van der Waals surface area contributed by atoms with Gasteiger partial charge in [0, 0.05) is 43.9 Å². The fraction of sp³-hybridized carbons (Fsp3) is 0.391. The van der Waals surface area contributed by atoms with E-state index in [0.29, 0.717) is 43.8 Å². The van der Waals surface area contributed by atoms with Gasteiger partial charge in [0.1, 0.15) is 11.6 Å². The van der Waals surface area contributed by atoms with Gasteiger partial charge in [-0.2, -0.15) is 18.2 Å². The zero-order valence-corrected chi connectivity index (χ0v) is 18.2. The minimum Gasteiger partial charge on any atom is -0.484 e. The van der Waals surface area contributed by atoms with E-state index in [9.17, 15) is 18.0 Å². The van der Waals surface area contributed by atoms with E-state index < -0.39 is 11.7 Å². The number of carbonyl (C=O) groups excluding carboxylic acids is 1. The molecule has 0 radical (unpaired) electrons. The van der Waals surface area contributed by atoms with E-state index in [1.54, 1.807) is 11.1 Å². The molecule has 3 heterocycles. The maximum Gasteiger partial charge on any atom is 0.416 e. The van der Waals surface area contributed by atoms with Crippen molar-refractivity contribution < 1.29 is 27.2 Å². The van der Waals surface area contributed by atoms with E-state index in [-0.39, 0.29) is 18.3 Å². The van der Waals surface area contributed by atoms with Gasteiger partial charge in [-0.1, -0.05) is 11.2 Å². The Labute approximate surface area is 193 Å². The molecule has 0 atom stereocenters. The van der Waals surface area contributed by atoms with E-state index in [4.69, 9.17) is 9.26 Å². The first-order valence-electron chi connectivity index (χ1n) is 11.0. The fourth-order valence-electron chi connectivity index (χ4n) is 3.74. The zero-order chi connectivity index (χ0) is 23.7. The molecule has 0 unspecified atom stereocenters. The van der Waals surface area contributed by atoms with Gasteiger partial charge >= 0.3 is 6.18 Å². The number of alkyl halides is 3. The number of hydrogen-bond donors (Lipinski definition) is 0. The molecule has 5 rings (SSSR count). The molecular formula is C23H22F3N5O3. The Balaban J connectivity index is 1.12. The number of anilines is 1. The number of ether oxygens (including phenoxy) is 1. The number of nitrogens with zero attached hydrogens (tertiary/aromatic N) is 5. The number of piperazine rings is 1. The lowest BCUT2D eigenvalue weighted by Gasteiger charge is -2.35. The second-order valence-electron chi connectivity index (χ2n) is 8.32. The van der Waals surface area contributed by atoms with Crippen LogP contribution in [0.15, 0.2) is 47.1 Å². The summed E-state index contributed by atoms with van der Waals surface area (Å²) in [4.78, 5) is 25.1. The topological polar surface area (TPSA) is 84.6 Å². The SMILES string of the molecule is O=C(COc1cccc(C(F)(F)F)c1)N1CCN(c2ccc(-c3noc(C4CC4)n3)cn2)CC1. The Morgan fingerprint density at radius 1 is 1.12 bits per heavy atom. The molecule has 11 heteroatoms. The number of benzene rings is 1. The third-order valence-corrected chi connectivity index (χ3v) is 5.85. The van der Waals surface area contributed by atoms with Crippen molar-refractivity contribution >= 4 is 11.7 Å². The number of rotatable bonds is 6. The zero-order valence-electron chi connectivity index (χ0n) is 18.2. The highest BCUT2D eigenvalue weighted by Crippen LogP contribution is 2.39. The predicted octanol–water partition coefficient (Wildman–Crippen LogP) is 3.76. The summed E-state index contributed by atoms with van der Waals surface area (Å²) in [5, 5.41) is 4.02. The maximum absolute atomic E-state index is 12.8. The monoisotopic (exact) mass is 473 g/mol. The summed E-state index contributed by atoms with van der Waals surface area (Å²) in [7, 11) is 0. The highest BCUT2D eigenvalue weighted by Gasteiger charge is 2.31. The molecule has 1 aromatic carbocycles. The van der Waals surface area contributed by atoms with Crippen LogP contribution in [0.25, 0.3) is 11.4 Å². The number of amides is 1. The van der Waals surface area contributed by atoms with Gasteiger partial charge in [-0.3, -0.25) is 4.79 Å². The van der Waals surface area contributed by atoms with Gasteiger partial charge in [0.15, 0.2) is 6.61 Å². The molecule has 8 nitrogen and oxygen atoms in total. The smallest absolute Gasteiger partial charge is 0.416 e. The highest BCUT2D eigenvalue weighted by atomic mass is 19.4. The Morgan fingerprint density at radius 2 is 1.91 bits per heavy atom. The van der Waals surface area contributed by atoms with Crippen molar-refractivity contribution in [3.8, 4) is 17.1 Å². The standard InChI is InChI=1S/C23H22F3N5O3/c24-23(25,26)17-2-1-3-18(12-17)33-14-20(32)31-10-8-30(9-11-31)19-7-6-16(13-27-19)21-28-22(34-29-21)15-4-5-15/h1-3,6-7,12-13,15H,4-5,8-11,14H2. The molecule has 2 aromatic heterocycles. The normalized spacial score (nSPS) is 16.6. The summed E-state index contributed by atoms with van der Waals surface area (Å²) in [6.07, 6.45) is -0.580. The summed E-state index contributed by atoms with van der Waals surface area (Å²) in [6, 6.07) is 8.28. The number of aromatic nitrogens is 3. The first-order valence-corrected chi connectivity index (χ1v) is 11.0. The molecule has 2 fully saturated rings. The van der Waals surface area contributed by atoms with Gasteiger partial charge in [0.25, 0.3) is 5.91 Å². The second kappa shape index (κ2) is 8.96. The first kappa shape index (κ1) is 22.2. The van der Waals surface area contributed by atoms with Gasteiger partial charge in [0.05, 0.1) is 5.56 Å². The summed E-state index contributed by atoms with van der Waals surface area (Å²) in [5.41, 5.74) is -0.0350. The molecule has 0 spiro atoms. The van der Waals surface area contributed by atoms with Crippen LogP contribution < -0.4 is 9.64 Å². The van der Waals surface area contributed by atoms with Crippen LogP contribution in [0, 0.1) is 0 Å². The molecule has 1 saturated carbocycles. The minimum absolute atomic E-state index is 0.0111. The van der Waals surface area contributed by atoms with Crippen molar-refractivity contribution in [2.45, 2.75) is 24.9 Å². The average Bonchev–Trinajstić information content (AvgIpc) is 3.59. The molecule has 1 aliphatic carbocycles.